The number of guanidine groups is 1. The van der Waals surface area contributed by atoms with Gasteiger partial charge in [-0.15, -0.1) is 24.0 Å². The van der Waals surface area contributed by atoms with E-state index in [1.165, 1.54) is 10.4 Å². The van der Waals surface area contributed by atoms with Gasteiger partial charge in [0.15, 0.2) is 5.96 Å². The van der Waals surface area contributed by atoms with Crippen molar-refractivity contribution in [3.05, 3.63) is 35.1 Å². The average molecular weight is 484 g/mol. The van der Waals surface area contributed by atoms with E-state index in [0.29, 0.717) is 50.7 Å². The molecule has 1 aromatic carbocycles. The molecule has 1 fully saturated rings. The summed E-state index contributed by atoms with van der Waals surface area (Å²) in [6.07, 6.45) is 0.690. The zero-order chi connectivity index (χ0) is 17.6. The first-order valence-electron chi connectivity index (χ1n) is 8.17. The Bertz CT molecular complexity index is 697. The SMILES string of the molecule is CCNC(=NCc1ccc(C)c(F)c1)NCCN1CCCS1(=O)=O.I. The fourth-order valence-corrected chi connectivity index (χ4v) is 4.02. The van der Waals surface area contributed by atoms with Gasteiger partial charge in [-0.3, -0.25) is 0 Å². The van der Waals surface area contributed by atoms with Crippen LogP contribution in [0.15, 0.2) is 23.2 Å². The second-order valence-electron chi connectivity index (χ2n) is 5.77. The van der Waals surface area contributed by atoms with E-state index in [4.69, 9.17) is 0 Å². The fourth-order valence-electron chi connectivity index (χ4n) is 2.49. The molecule has 0 saturated carbocycles. The molecular weight excluding hydrogens is 458 g/mol. The van der Waals surface area contributed by atoms with E-state index in [1.54, 1.807) is 13.0 Å². The number of benzene rings is 1. The molecule has 1 heterocycles. The minimum absolute atomic E-state index is 0. The Labute approximate surface area is 166 Å². The molecule has 0 aliphatic carbocycles. The first-order chi connectivity index (χ1) is 11.4. The summed E-state index contributed by atoms with van der Waals surface area (Å²) in [5, 5.41) is 6.22. The number of hydrogen-bond acceptors (Lipinski definition) is 3. The number of halogens is 2. The summed E-state index contributed by atoms with van der Waals surface area (Å²) >= 11 is 0. The minimum Gasteiger partial charge on any atom is -0.357 e. The molecule has 1 aliphatic heterocycles. The van der Waals surface area contributed by atoms with Gasteiger partial charge in [0.2, 0.25) is 10.0 Å². The van der Waals surface area contributed by atoms with E-state index in [0.717, 1.165) is 5.56 Å². The summed E-state index contributed by atoms with van der Waals surface area (Å²) in [5.41, 5.74) is 1.40. The molecule has 2 rings (SSSR count). The van der Waals surface area contributed by atoms with Crippen LogP contribution in [0.3, 0.4) is 0 Å². The second-order valence-corrected chi connectivity index (χ2v) is 7.86. The molecule has 0 unspecified atom stereocenters. The van der Waals surface area contributed by atoms with Gasteiger partial charge < -0.3 is 10.6 Å². The van der Waals surface area contributed by atoms with Gasteiger partial charge in [-0.05, 0) is 37.5 Å². The molecule has 2 N–H and O–H groups in total. The number of nitrogens with zero attached hydrogens (tertiary/aromatic N) is 2. The highest BCUT2D eigenvalue weighted by Crippen LogP contribution is 2.12. The van der Waals surface area contributed by atoms with E-state index in [9.17, 15) is 12.8 Å². The maximum Gasteiger partial charge on any atom is 0.214 e. The monoisotopic (exact) mass is 484 g/mol. The zero-order valence-corrected chi connectivity index (χ0v) is 17.7. The molecular formula is C16H26FIN4O2S. The summed E-state index contributed by atoms with van der Waals surface area (Å²) in [5.74, 6) is 0.593. The van der Waals surface area contributed by atoms with Crippen LogP contribution in [-0.4, -0.2) is 50.6 Å². The highest BCUT2D eigenvalue weighted by atomic mass is 127. The molecule has 1 saturated heterocycles. The van der Waals surface area contributed by atoms with E-state index < -0.39 is 10.0 Å². The third-order valence-electron chi connectivity index (χ3n) is 3.86. The summed E-state index contributed by atoms with van der Waals surface area (Å²) < 4.78 is 38.6. The molecule has 0 aromatic heterocycles. The van der Waals surface area contributed by atoms with Crippen molar-refractivity contribution in [2.45, 2.75) is 26.8 Å². The molecule has 0 bridgehead atoms. The Kier molecular flexibility index (Phi) is 9.08. The largest absolute Gasteiger partial charge is 0.357 e. The summed E-state index contributed by atoms with van der Waals surface area (Å²) in [4.78, 5) is 4.41. The third kappa shape index (κ3) is 6.70. The van der Waals surface area contributed by atoms with Crippen LogP contribution < -0.4 is 10.6 Å². The lowest BCUT2D eigenvalue weighted by Crippen LogP contribution is -2.42. The Morgan fingerprint density at radius 2 is 2.12 bits per heavy atom. The Hall–Kier alpha value is -0.940. The van der Waals surface area contributed by atoms with Gasteiger partial charge in [0, 0.05) is 26.2 Å². The highest BCUT2D eigenvalue weighted by molar-refractivity contribution is 14.0. The number of hydrogen-bond donors (Lipinski definition) is 2. The molecule has 6 nitrogen and oxygen atoms in total. The Morgan fingerprint density at radius 3 is 2.72 bits per heavy atom. The van der Waals surface area contributed by atoms with Gasteiger partial charge in [0.25, 0.3) is 0 Å². The average Bonchev–Trinajstić information content (AvgIpc) is 2.87. The van der Waals surface area contributed by atoms with Crippen LogP contribution in [0.25, 0.3) is 0 Å². The molecule has 1 aromatic rings. The smallest absolute Gasteiger partial charge is 0.214 e. The number of sulfonamides is 1. The number of aliphatic imine (C=N–C) groups is 1. The van der Waals surface area contributed by atoms with Gasteiger partial charge >= 0.3 is 0 Å². The standard InChI is InChI=1S/C16H25FN4O2S.HI/c1-3-18-16(19-7-9-21-8-4-10-24(21,22)23)20-12-14-6-5-13(2)15(17)11-14;/h5-6,11H,3-4,7-10,12H2,1-2H3,(H2,18,19,20);1H. The van der Waals surface area contributed by atoms with Crippen LogP contribution in [0.2, 0.25) is 0 Å². The van der Waals surface area contributed by atoms with Crippen molar-refractivity contribution in [1.82, 2.24) is 14.9 Å². The maximum atomic E-state index is 13.6. The van der Waals surface area contributed by atoms with Gasteiger partial charge in [0.05, 0.1) is 12.3 Å². The van der Waals surface area contributed by atoms with E-state index in [2.05, 4.69) is 15.6 Å². The molecule has 25 heavy (non-hydrogen) atoms. The molecule has 0 atom stereocenters. The van der Waals surface area contributed by atoms with E-state index >= 15 is 0 Å². The van der Waals surface area contributed by atoms with Crippen molar-refractivity contribution in [2.75, 3.05) is 31.9 Å². The molecule has 142 valence electrons. The van der Waals surface area contributed by atoms with Crippen LogP contribution in [0.5, 0.6) is 0 Å². The Balaban J connectivity index is 0.00000312. The molecule has 0 amide bonds. The van der Waals surface area contributed by atoms with Crippen molar-refractivity contribution in [1.29, 1.82) is 0 Å². The first-order valence-corrected chi connectivity index (χ1v) is 9.78. The molecule has 0 spiro atoms. The topological polar surface area (TPSA) is 73.8 Å². The minimum atomic E-state index is -3.07. The number of aryl methyl sites for hydroxylation is 1. The summed E-state index contributed by atoms with van der Waals surface area (Å²) in [6.45, 7) is 6.21. The Morgan fingerprint density at radius 1 is 1.36 bits per heavy atom. The van der Waals surface area contributed by atoms with E-state index in [1.807, 2.05) is 13.0 Å². The molecule has 0 radical (unpaired) electrons. The van der Waals surface area contributed by atoms with Crippen LogP contribution in [0.4, 0.5) is 4.39 Å². The van der Waals surface area contributed by atoms with Crippen molar-refractivity contribution < 1.29 is 12.8 Å². The van der Waals surface area contributed by atoms with Crippen molar-refractivity contribution >= 4 is 40.0 Å². The summed E-state index contributed by atoms with van der Waals surface area (Å²) in [7, 11) is -3.07. The van der Waals surface area contributed by atoms with Crippen molar-refractivity contribution in [2.24, 2.45) is 4.99 Å². The van der Waals surface area contributed by atoms with Crippen LogP contribution in [0.1, 0.15) is 24.5 Å². The third-order valence-corrected chi connectivity index (χ3v) is 5.81. The normalized spacial score (nSPS) is 17.2. The summed E-state index contributed by atoms with van der Waals surface area (Å²) in [6, 6.07) is 5.07. The van der Waals surface area contributed by atoms with Gasteiger partial charge in [0.1, 0.15) is 5.82 Å². The quantitative estimate of drug-likeness (QED) is 0.367. The zero-order valence-electron chi connectivity index (χ0n) is 14.6. The molecule has 9 heteroatoms. The predicted molar refractivity (Wildman–Crippen MR) is 109 cm³/mol. The number of nitrogens with one attached hydrogen (secondary N) is 2. The lowest BCUT2D eigenvalue weighted by atomic mass is 10.1. The van der Waals surface area contributed by atoms with Gasteiger partial charge in [-0.1, -0.05) is 12.1 Å². The van der Waals surface area contributed by atoms with Gasteiger partial charge in [-0.2, -0.15) is 0 Å². The molecule has 1 aliphatic rings. The maximum absolute atomic E-state index is 13.6. The van der Waals surface area contributed by atoms with E-state index in [-0.39, 0.29) is 35.5 Å². The highest BCUT2D eigenvalue weighted by Gasteiger charge is 2.27. The first kappa shape index (κ1) is 22.1. The van der Waals surface area contributed by atoms with Crippen LogP contribution in [-0.2, 0) is 16.6 Å². The van der Waals surface area contributed by atoms with Crippen LogP contribution >= 0.6 is 24.0 Å². The lowest BCUT2D eigenvalue weighted by Gasteiger charge is -2.16. The number of rotatable bonds is 6. The van der Waals surface area contributed by atoms with Crippen molar-refractivity contribution in [3.8, 4) is 0 Å². The van der Waals surface area contributed by atoms with Crippen LogP contribution in [0, 0.1) is 12.7 Å². The lowest BCUT2D eigenvalue weighted by molar-refractivity contribution is 0.445. The van der Waals surface area contributed by atoms with Gasteiger partial charge in [-0.25, -0.2) is 22.1 Å². The predicted octanol–water partition coefficient (Wildman–Crippen LogP) is 1.84. The second kappa shape index (κ2) is 10.3. The van der Waals surface area contributed by atoms with Crippen molar-refractivity contribution in [3.63, 3.8) is 0 Å². The fraction of sp³-hybridized carbons (Fsp3) is 0.562.